The lowest BCUT2D eigenvalue weighted by molar-refractivity contribution is 0.0724. The molecule has 126 valence electrons. The highest BCUT2D eigenvalue weighted by atomic mass is 16.5. The predicted octanol–water partition coefficient (Wildman–Crippen LogP) is 3.54. The van der Waals surface area contributed by atoms with Crippen molar-refractivity contribution >= 4 is 5.91 Å². The van der Waals surface area contributed by atoms with E-state index in [9.17, 15) is 4.79 Å². The predicted molar refractivity (Wildman–Crippen MR) is 89.2 cm³/mol. The Balaban J connectivity index is 1.60. The molecule has 1 saturated heterocycles. The number of likely N-dealkylation sites (tertiary alicyclic amines) is 1. The molecular formula is C19H22N2O3. The van der Waals surface area contributed by atoms with Gasteiger partial charge in [0.2, 0.25) is 0 Å². The van der Waals surface area contributed by atoms with E-state index < -0.39 is 0 Å². The number of fused-ring (bicyclic) bond motifs is 1. The van der Waals surface area contributed by atoms with Gasteiger partial charge in [-0.2, -0.15) is 0 Å². The van der Waals surface area contributed by atoms with Crippen LogP contribution in [0.5, 0.6) is 5.75 Å². The van der Waals surface area contributed by atoms with Gasteiger partial charge in [0.25, 0.3) is 5.91 Å². The Kier molecular flexibility index (Phi) is 4.00. The average Bonchev–Trinajstić information content (AvgIpc) is 3.28. The minimum Gasteiger partial charge on any atom is -0.497 e. The number of hydrogen-bond acceptors (Lipinski definition) is 4. The summed E-state index contributed by atoms with van der Waals surface area (Å²) in [5.41, 5.74) is 2.72. The van der Waals surface area contributed by atoms with Crippen LogP contribution in [-0.4, -0.2) is 29.6 Å². The number of aromatic nitrogens is 1. The molecule has 5 nitrogen and oxygen atoms in total. The molecule has 0 unspecified atom stereocenters. The van der Waals surface area contributed by atoms with E-state index in [2.05, 4.69) is 5.16 Å². The van der Waals surface area contributed by atoms with Gasteiger partial charge in [0.05, 0.1) is 13.2 Å². The number of rotatable bonds is 3. The van der Waals surface area contributed by atoms with Crippen molar-refractivity contribution in [3.63, 3.8) is 0 Å². The summed E-state index contributed by atoms with van der Waals surface area (Å²) in [5.74, 6) is 1.75. The Morgan fingerprint density at radius 3 is 2.79 bits per heavy atom. The third-order valence-electron chi connectivity index (χ3n) is 5.17. The van der Waals surface area contributed by atoms with Crippen molar-refractivity contribution in [3.8, 4) is 5.75 Å². The van der Waals surface area contributed by atoms with E-state index in [0.29, 0.717) is 5.69 Å². The maximum Gasteiger partial charge on any atom is 0.276 e. The van der Waals surface area contributed by atoms with Crippen molar-refractivity contribution in [2.24, 2.45) is 0 Å². The quantitative estimate of drug-likeness (QED) is 0.866. The largest absolute Gasteiger partial charge is 0.497 e. The van der Waals surface area contributed by atoms with Crippen molar-refractivity contribution in [2.45, 2.75) is 44.6 Å². The molecule has 1 aromatic heterocycles. The molecule has 0 N–H and O–H groups in total. The van der Waals surface area contributed by atoms with Crippen molar-refractivity contribution in [2.75, 3.05) is 13.7 Å². The van der Waals surface area contributed by atoms with Crippen molar-refractivity contribution in [1.82, 2.24) is 10.1 Å². The van der Waals surface area contributed by atoms with E-state index in [0.717, 1.165) is 67.7 Å². The summed E-state index contributed by atoms with van der Waals surface area (Å²) >= 11 is 0. The van der Waals surface area contributed by atoms with E-state index in [1.165, 1.54) is 0 Å². The zero-order valence-corrected chi connectivity index (χ0v) is 14.0. The second kappa shape index (κ2) is 6.30. The number of benzene rings is 1. The Hall–Kier alpha value is -2.30. The van der Waals surface area contributed by atoms with Crippen LogP contribution in [0, 0.1) is 0 Å². The summed E-state index contributed by atoms with van der Waals surface area (Å²) < 4.78 is 10.6. The van der Waals surface area contributed by atoms with Crippen LogP contribution in [0.15, 0.2) is 28.8 Å². The van der Waals surface area contributed by atoms with Crippen LogP contribution < -0.4 is 4.74 Å². The number of nitrogens with zero attached hydrogens (tertiary/aromatic N) is 2. The second-order valence-corrected chi connectivity index (χ2v) is 6.57. The molecule has 5 heteroatoms. The first-order valence-electron chi connectivity index (χ1n) is 8.70. The van der Waals surface area contributed by atoms with Crippen LogP contribution in [0.1, 0.15) is 59.1 Å². The average molecular weight is 326 g/mol. The fraction of sp³-hybridized carbons (Fsp3) is 0.474. The normalized spacial score (nSPS) is 20.0. The van der Waals surface area contributed by atoms with Gasteiger partial charge in [0.15, 0.2) is 5.69 Å². The summed E-state index contributed by atoms with van der Waals surface area (Å²) in [5, 5.41) is 4.11. The lowest BCUT2D eigenvalue weighted by atomic mass is 9.96. The standard InChI is InChI=1S/C19H22N2O3/c1-23-14-10-8-13(9-11-14)16-6-4-12-21(16)19(22)18-15-5-2-3-7-17(15)24-20-18/h8-11,16H,2-7,12H2,1H3/t16-/m0/s1. The molecule has 1 atom stereocenters. The van der Waals surface area contributed by atoms with E-state index in [1.54, 1.807) is 7.11 Å². The van der Waals surface area contributed by atoms with Gasteiger partial charge in [-0.1, -0.05) is 17.3 Å². The number of amides is 1. The van der Waals surface area contributed by atoms with Crippen LogP contribution in [0.4, 0.5) is 0 Å². The highest BCUT2D eigenvalue weighted by Crippen LogP contribution is 2.35. The molecule has 1 aliphatic heterocycles. The Labute approximate surface area is 141 Å². The van der Waals surface area contributed by atoms with Crippen LogP contribution in [0.2, 0.25) is 0 Å². The van der Waals surface area contributed by atoms with Crippen LogP contribution in [0.25, 0.3) is 0 Å². The molecular weight excluding hydrogens is 304 g/mol. The second-order valence-electron chi connectivity index (χ2n) is 6.57. The molecule has 1 aliphatic carbocycles. The molecule has 0 saturated carbocycles. The summed E-state index contributed by atoms with van der Waals surface area (Å²) in [4.78, 5) is 15.0. The van der Waals surface area contributed by atoms with Crippen LogP contribution >= 0.6 is 0 Å². The fourth-order valence-electron chi connectivity index (χ4n) is 3.87. The van der Waals surface area contributed by atoms with Gasteiger partial charge in [0, 0.05) is 18.5 Å². The molecule has 1 amide bonds. The molecule has 4 rings (SSSR count). The van der Waals surface area contributed by atoms with E-state index >= 15 is 0 Å². The SMILES string of the molecule is COc1ccc([C@@H]2CCCN2C(=O)c2noc3c2CCCC3)cc1. The monoisotopic (exact) mass is 326 g/mol. The van der Waals surface area contributed by atoms with Gasteiger partial charge in [0.1, 0.15) is 11.5 Å². The van der Waals surface area contributed by atoms with Gasteiger partial charge >= 0.3 is 0 Å². The highest BCUT2D eigenvalue weighted by Gasteiger charge is 2.34. The van der Waals surface area contributed by atoms with E-state index in [4.69, 9.17) is 9.26 Å². The lowest BCUT2D eigenvalue weighted by Gasteiger charge is -2.25. The topological polar surface area (TPSA) is 55.6 Å². The maximum atomic E-state index is 13.1. The summed E-state index contributed by atoms with van der Waals surface area (Å²) in [6.07, 6.45) is 6.03. The maximum absolute atomic E-state index is 13.1. The smallest absolute Gasteiger partial charge is 0.276 e. The third-order valence-corrected chi connectivity index (χ3v) is 5.17. The number of carbonyl (C=O) groups excluding carboxylic acids is 1. The minimum absolute atomic E-state index is 0.0141. The van der Waals surface area contributed by atoms with Crippen molar-refractivity contribution in [1.29, 1.82) is 0 Å². The van der Waals surface area contributed by atoms with E-state index in [-0.39, 0.29) is 11.9 Å². The first-order valence-corrected chi connectivity index (χ1v) is 8.70. The van der Waals surface area contributed by atoms with Gasteiger partial charge in [-0.3, -0.25) is 4.79 Å². The zero-order chi connectivity index (χ0) is 16.5. The molecule has 0 bridgehead atoms. The summed E-state index contributed by atoms with van der Waals surface area (Å²) in [6, 6.07) is 8.11. The molecule has 2 heterocycles. The summed E-state index contributed by atoms with van der Waals surface area (Å²) in [6.45, 7) is 0.775. The van der Waals surface area contributed by atoms with Crippen molar-refractivity contribution < 1.29 is 14.1 Å². The van der Waals surface area contributed by atoms with Gasteiger partial charge < -0.3 is 14.2 Å². The van der Waals surface area contributed by atoms with E-state index in [1.807, 2.05) is 29.2 Å². The minimum atomic E-state index is 0.0141. The third kappa shape index (κ3) is 2.58. The molecule has 1 fully saturated rings. The van der Waals surface area contributed by atoms with Gasteiger partial charge in [-0.05, 0) is 49.8 Å². The molecule has 0 radical (unpaired) electrons. The van der Waals surface area contributed by atoms with Crippen LogP contribution in [0.3, 0.4) is 0 Å². The molecule has 1 aromatic carbocycles. The Morgan fingerprint density at radius 1 is 1.21 bits per heavy atom. The number of hydrogen-bond donors (Lipinski definition) is 0. The zero-order valence-electron chi connectivity index (χ0n) is 14.0. The number of carbonyl (C=O) groups is 1. The first-order chi connectivity index (χ1) is 11.8. The van der Waals surface area contributed by atoms with Gasteiger partial charge in [-0.15, -0.1) is 0 Å². The summed E-state index contributed by atoms with van der Waals surface area (Å²) in [7, 11) is 1.66. The number of ether oxygens (including phenoxy) is 1. The van der Waals surface area contributed by atoms with Gasteiger partial charge in [-0.25, -0.2) is 0 Å². The molecule has 2 aromatic rings. The van der Waals surface area contributed by atoms with Crippen molar-refractivity contribution in [3.05, 3.63) is 46.8 Å². The molecule has 24 heavy (non-hydrogen) atoms. The Morgan fingerprint density at radius 2 is 2.00 bits per heavy atom. The first kappa shape index (κ1) is 15.2. The number of methoxy groups -OCH3 is 1. The highest BCUT2D eigenvalue weighted by molar-refractivity contribution is 5.94. The van der Waals surface area contributed by atoms with Crippen LogP contribution in [-0.2, 0) is 12.8 Å². The molecule has 2 aliphatic rings. The fourth-order valence-corrected chi connectivity index (χ4v) is 3.87. The number of aryl methyl sites for hydroxylation is 1. The Bertz CT molecular complexity index is 736. The lowest BCUT2D eigenvalue weighted by Crippen LogP contribution is -2.31. The molecule has 0 spiro atoms.